The van der Waals surface area contributed by atoms with Gasteiger partial charge in [-0.15, -0.1) is 0 Å². The number of halogens is 1. The first-order valence-corrected chi connectivity index (χ1v) is 5.18. The van der Waals surface area contributed by atoms with E-state index >= 15 is 0 Å². The zero-order valence-electron chi connectivity index (χ0n) is 8.94. The number of nitrogens with one attached hydrogen (secondary N) is 1. The van der Waals surface area contributed by atoms with Crippen molar-refractivity contribution in [3.63, 3.8) is 0 Å². The molecule has 0 aromatic heterocycles. The molecule has 0 spiro atoms. The van der Waals surface area contributed by atoms with Gasteiger partial charge in [-0.1, -0.05) is 11.6 Å². The predicted octanol–water partition coefficient (Wildman–Crippen LogP) is 1.87. The predicted molar refractivity (Wildman–Crippen MR) is 61.7 cm³/mol. The lowest BCUT2D eigenvalue weighted by atomic mass is 10.2. The van der Waals surface area contributed by atoms with Gasteiger partial charge in [0.1, 0.15) is 5.75 Å². The van der Waals surface area contributed by atoms with E-state index < -0.39 is 12.3 Å². The summed E-state index contributed by atoms with van der Waals surface area (Å²) in [5.74, 6) is -0.481. The summed E-state index contributed by atoms with van der Waals surface area (Å²) in [4.78, 5) is 11.1. The maximum atomic E-state index is 11.1. The van der Waals surface area contributed by atoms with Crippen molar-refractivity contribution in [1.29, 1.82) is 0 Å². The van der Waals surface area contributed by atoms with Crippen LogP contribution in [-0.2, 0) is 14.3 Å². The number of carbonyl (C=O) groups excluding carboxylic acids is 1. The van der Waals surface area contributed by atoms with E-state index in [4.69, 9.17) is 21.1 Å². The average molecular weight is 256 g/mol. The van der Waals surface area contributed by atoms with Crippen LogP contribution in [0.4, 0.5) is 5.69 Å². The summed E-state index contributed by atoms with van der Waals surface area (Å²) in [5.41, 5.74) is 0.791. The van der Waals surface area contributed by atoms with Gasteiger partial charge in [-0.05, 0) is 18.2 Å². The molecule has 0 fully saturated rings. The molecule has 5 nitrogen and oxygen atoms in total. The van der Waals surface area contributed by atoms with E-state index in [-0.39, 0.29) is 5.75 Å². The fraction of sp³-hybridized carbons (Fsp3) is 0.182. The summed E-state index contributed by atoms with van der Waals surface area (Å²) in [7, 11) is 1.41. The van der Waals surface area contributed by atoms with Crippen molar-refractivity contribution >= 4 is 23.3 Å². The van der Waals surface area contributed by atoms with Crippen molar-refractivity contribution in [3.8, 4) is 5.75 Å². The first-order valence-electron chi connectivity index (χ1n) is 4.80. The van der Waals surface area contributed by atoms with E-state index in [0.717, 1.165) is 0 Å². The van der Waals surface area contributed by atoms with Crippen LogP contribution in [0.3, 0.4) is 0 Å². The molecule has 0 aliphatic carbocycles. The molecule has 17 heavy (non-hydrogen) atoms. The quantitative estimate of drug-likeness (QED) is 0.638. The van der Waals surface area contributed by atoms with Crippen LogP contribution in [0.15, 0.2) is 30.0 Å². The standard InChI is InChI=1S/C11H10ClNO4/c1-16-11-8(5-10(15)17-11)13-7-4-6(12)2-3-9(7)14/h2-5,11,13-14H,1H3/t11-/m0/s1. The Morgan fingerprint density at radius 2 is 2.29 bits per heavy atom. The van der Waals surface area contributed by atoms with Crippen LogP contribution in [0.1, 0.15) is 0 Å². The lowest BCUT2D eigenvalue weighted by Gasteiger charge is -2.14. The SMILES string of the molecule is CO[C@H]1OC(=O)C=C1Nc1cc(Cl)ccc1O. The van der Waals surface area contributed by atoms with E-state index in [1.54, 1.807) is 6.07 Å². The lowest BCUT2D eigenvalue weighted by Crippen LogP contribution is -2.18. The third kappa shape index (κ3) is 2.51. The highest BCUT2D eigenvalue weighted by atomic mass is 35.5. The molecule has 2 rings (SSSR count). The van der Waals surface area contributed by atoms with Crippen LogP contribution in [0, 0.1) is 0 Å². The summed E-state index contributed by atoms with van der Waals surface area (Å²) < 4.78 is 9.78. The monoisotopic (exact) mass is 255 g/mol. The first kappa shape index (κ1) is 11.8. The van der Waals surface area contributed by atoms with Gasteiger partial charge in [-0.25, -0.2) is 4.79 Å². The third-order valence-electron chi connectivity index (χ3n) is 2.20. The molecule has 0 radical (unpaired) electrons. The number of anilines is 1. The average Bonchev–Trinajstić information content (AvgIpc) is 2.64. The number of phenols is 1. The van der Waals surface area contributed by atoms with Crippen molar-refractivity contribution in [2.45, 2.75) is 6.29 Å². The molecule has 0 saturated heterocycles. The molecule has 0 unspecified atom stereocenters. The molecule has 6 heteroatoms. The first-order chi connectivity index (χ1) is 8.10. The Hall–Kier alpha value is -1.72. The maximum absolute atomic E-state index is 11.1. The molecular weight excluding hydrogens is 246 g/mol. The summed E-state index contributed by atoms with van der Waals surface area (Å²) >= 11 is 5.80. The number of cyclic esters (lactones) is 1. The smallest absolute Gasteiger partial charge is 0.335 e. The number of esters is 1. The van der Waals surface area contributed by atoms with Crippen LogP contribution in [0.2, 0.25) is 5.02 Å². The van der Waals surface area contributed by atoms with Crippen molar-refractivity contribution in [1.82, 2.24) is 0 Å². The number of rotatable bonds is 3. The zero-order chi connectivity index (χ0) is 12.4. The van der Waals surface area contributed by atoms with E-state index in [1.807, 2.05) is 0 Å². The van der Waals surface area contributed by atoms with Crippen LogP contribution in [-0.4, -0.2) is 24.5 Å². The van der Waals surface area contributed by atoms with Crippen LogP contribution < -0.4 is 5.32 Å². The van der Waals surface area contributed by atoms with Crippen LogP contribution in [0.25, 0.3) is 0 Å². The van der Waals surface area contributed by atoms with Gasteiger partial charge in [0.15, 0.2) is 0 Å². The topological polar surface area (TPSA) is 67.8 Å². The van der Waals surface area contributed by atoms with E-state index in [1.165, 1.54) is 25.3 Å². The second kappa shape index (κ2) is 4.65. The minimum absolute atomic E-state index is 0.0181. The van der Waals surface area contributed by atoms with E-state index in [2.05, 4.69) is 5.32 Å². The Bertz CT molecular complexity index is 486. The molecule has 1 aliphatic heterocycles. The van der Waals surface area contributed by atoms with Crippen molar-refractivity contribution in [2.24, 2.45) is 0 Å². The molecule has 1 atom stereocenters. The second-order valence-corrected chi connectivity index (χ2v) is 3.83. The van der Waals surface area contributed by atoms with Gasteiger partial charge >= 0.3 is 5.97 Å². The minimum atomic E-state index is -0.791. The Kier molecular flexibility index (Phi) is 3.21. The van der Waals surface area contributed by atoms with Crippen LogP contribution >= 0.6 is 11.6 Å². The molecule has 2 N–H and O–H groups in total. The number of benzene rings is 1. The number of ether oxygens (including phenoxy) is 2. The molecular formula is C11H10ClNO4. The van der Waals surface area contributed by atoms with Gasteiger partial charge in [0.25, 0.3) is 0 Å². The molecule has 0 amide bonds. The van der Waals surface area contributed by atoms with Crippen molar-refractivity contribution < 1.29 is 19.4 Å². The number of aromatic hydroxyl groups is 1. The molecule has 0 saturated carbocycles. The minimum Gasteiger partial charge on any atom is -0.506 e. The molecule has 90 valence electrons. The van der Waals surface area contributed by atoms with Gasteiger partial charge in [-0.3, -0.25) is 0 Å². The zero-order valence-corrected chi connectivity index (χ0v) is 9.69. The number of hydrogen-bond donors (Lipinski definition) is 2. The van der Waals surface area contributed by atoms with Crippen molar-refractivity contribution in [3.05, 3.63) is 35.0 Å². The highest BCUT2D eigenvalue weighted by molar-refractivity contribution is 6.30. The summed E-state index contributed by atoms with van der Waals surface area (Å²) in [6.07, 6.45) is 0.468. The molecule has 1 aromatic carbocycles. The highest BCUT2D eigenvalue weighted by Gasteiger charge is 2.26. The molecule has 1 heterocycles. The van der Waals surface area contributed by atoms with Crippen LogP contribution in [0.5, 0.6) is 5.75 Å². The fourth-order valence-electron chi connectivity index (χ4n) is 1.43. The molecule has 1 aliphatic rings. The molecule has 1 aromatic rings. The number of carbonyl (C=O) groups is 1. The Balaban J connectivity index is 2.23. The van der Waals surface area contributed by atoms with Gasteiger partial charge in [0.05, 0.1) is 11.4 Å². The third-order valence-corrected chi connectivity index (χ3v) is 2.44. The lowest BCUT2D eigenvalue weighted by molar-refractivity contribution is -0.155. The Morgan fingerprint density at radius 3 is 3.00 bits per heavy atom. The maximum Gasteiger partial charge on any atom is 0.335 e. The summed E-state index contributed by atoms with van der Waals surface area (Å²) in [5, 5.41) is 12.9. The Morgan fingerprint density at radius 1 is 1.53 bits per heavy atom. The summed E-state index contributed by atoms with van der Waals surface area (Å²) in [6.45, 7) is 0. The largest absolute Gasteiger partial charge is 0.506 e. The van der Waals surface area contributed by atoms with Gasteiger partial charge < -0.3 is 19.9 Å². The van der Waals surface area contributed by atoms with Crippen molar-refractivity contribution in [2.75, 3.05) is 12.4 Å². The summed E-state index contributed by atoms with van der Waals surface area (Å²) in [6, 6.07) is 4.54. The molecule has 0 bridgehead atoms. The van der Waals surface area contributed by atoms with Gasteiger partial charge in [0, 0.05) is 18.2 Å². The number of phenolic OH excluding ortho intramolecular Hbond substituents is 1. The normalized spacial score (nSPS) is 18.8. The highest BCUT2D eigenvalue weighted by Crippen LogP contribution is 2.29. The van der Waals surface area contributed by atoms with Gasteiger partial charge in [0.2, 0.25) is 6.29 Å². The number of methoxy groups -OCH3 is 1. The van der Waals surface area contributed by atoms with Gasteiger partial charge in [-0.2, -0.15) is 0 Å². The fourth-order valence-corrected chi connectivity index (χ4v) is 1.60. The number of hydrogen-bond acceptors (Lipinski definition) is 5. The second-order valence-electron chi connectivity index (χ2n) is 3.39. The van der Waals surface area contributed by atoms with E-state index in [0.29, 0.717) is 16.4 Å². The van der Waals surface area contributed by atoms with E-state index in [9.17, 15) is 9.90 Å². The Labute approximate surface area is 103 Å².